The van der Waals surface area contributed by atoms with Gasteiger partial charge in [0.15, 0.2) is 17.5 Å². The van der Waals surface area contributed by atoms with Crippen molar-refractivity contribution in [2.45, 2.75) is 45.7 Å². The SMILES string of the molecule is CC(C)c1cccc(C(C)C)c1N1C(=O)c2c(F)c(F)c(F)c(NCC(F)(F)F)c2C1=O. The van der Waals surface area contributed by atoms with Gasteiger partial charge in [-0.15, -0.1) is 0 Å². The number of anilines is 2. The first kappa shape index (κ1) is 23.6. The summed E-state index contributed by atoms with van der Waals surface area (Å²) in [7, 11) is 0. The molecule has 0 spiro atoms. The largest absolute Gasteiger partial charge is 0.405 e. The number of imide groups is 1. The molecule has 4 nitrogen and oxygen atoms in total. The summed E-state index contributed by atoms with van der Waals surface area (Å²) in [5.74, 6) is -8.98. The molecule has 2 amide bonds. The molecule has 0 bridgehead atoms. The molecule has 1 heterocycles. The summed E-state index contributed by atoms with van der Waals surface area (Å²) in [6, 6.07) is 5.01. The van der Waals surface area contributed by atoms with E-state index in [1.807, 2.05) is 0 Å². The third kappa shape index (κ3) is 3.82. The Morgan fingerprint density at radius 1 is 0.844 bits per heavy atom. The van der Waals surface area contributed by atoms with Gasteiger partial charge in [0.1, 0.15) is 6.54 Å². The molecule has 10 heteroatoms. The van der Waals surface area contributed by atoms with Gasteiger partial charge >= 0.3 is 6.18 Å². The van der Waals surface area contributed by atoms with E-state index >= 15 is 0 Å². The zero-order chi connectivity index (χ0) is 24.1. The van der Waals surface area contributed by atoms with Crippen molar-refractivity contribution < 1.29 is 35.9 Å². The van der Waals surface area contributed by atoms with Gasteiger partial charge in [-0.1, -0.05) is 45.9 Å². The molecule has 2 aromatic carbocycles. The van der Waals surface area contributed by atoms with E-state index in [9.17, 15) is 35.9 Å². The molecule has 1 aliphatic rings. The van der Waals surface area contributed by atoms with Gasteiger partial charge in [-0.3, -0.25) is 9.59 Å². The van der Waals surface area contributed by atoms with E-state index in [1.54, 1.807) is 51.2 Å². The molecule has 0 saturated carbocycles. The van der Waals surface area contributed by atoms with Crippen LogP contribution in [0, 0.1) is 17.5 Å². The molecule has 0 unspecified atom stereocenters. The van der Waals surface area contributed by atoms with Crippen molar-refractivity contribution in [1.29, 1.82) is 0 Å². The van der Waals surface area contributed by atoms with Crippen LogP contribution in [-0.2, 0) is 0 Å². The fourth-order valence-corrected chi connectivity index (χ4v) is 3.72. The summed E-state index contributed by atoms with van der Waals surface area (Å²) >= 11 is 0. The lowest BCUT2D eigenvalue weighted by Gasteiger charge is -2.25. The summed E-state index contributed by atoms with van der Waals surface area (Å²) in [6.45, 7) is 5.34. The van der Waals surface area contributed by atoms with E-state index < -0.39 is 58.8 Å². The molecule has 0 aromatic heterocycles. The first-order chi connectivity index (χ1) is 14.8. The predicted octanol–water partition coefficient (Wildman–Crippen LogP) is 6.13. The van der Waals surface area contributed by atoms with E-state index in [2.05, 4.69) is 0 Å². The number of benzene rings is 2. The molecule has 0 fully saturated rings. The standard InChI is InChI=1S/C22H20F6N2O2/c1-9(2)11-6-5-7-12(10(3)4)19(11)30-20(31)13-14(21(30)32)18(29-8-22(26,27)28)17(25)16(24)15(13)23/h5-7,9-10,29H,8H2,1-4H3. The first-order valence-corrected chi connectivity index (χ1v) is 9.80. The minimum Gasteiger partial charge on any atom is -0.373 e. The molecule has 1 aliphatic heterocycles. The Morgan fingerprint density at radius 2 is 1.34 bits per heavy atom. The van der Waals surface area contributed by atoms with Crippen molar-refractivity contribution in [1.82, 2.24) is 0 Å². The van der Waals surface area contributed by atoms with E-state index in [1.165, 1.54) is 0 Å². The Kier molecular flexibility index (Phi) is 6.01. The van der Waals surface area contributed by atoms with Crippen molar-refractivity contribution in [2.24, 2.45) is 0 Å². The summed E-state index contributed by atoms with van der Waals surface area (Å²) in [5.41, 5.74) is -2.07. The van der Waals surface area contributed by atoms with Crippen LogP contribution in [0.4, 0.5) is 37.7 Å². The number of carbonyl (C=O) groups is 2. The lowest BCUT2D eigenvalue weighted by Crippen LogP contribution is -2.32. The second-order valence-electron chi connectivity index (χ2n) is 8.08. The average Bonchev–Trinajstić information content (AvgIpc) is 2.95. The van der Waals surface area contributed by atoms with Crippen molar-refractivity contribution in [2.75, 3.05) is 16.8 Å². The topological polar surface area (TPSA) is 49.4 Å². The molecule has 0 atom stereocenters. The number of carbonyl (C=O) groups excluding carboxylic acids is 2. The van der Waals surface area contributed by atoms with E-state index in [-0.39, 0.29) is 17.5 Å². The maximum Gasteiger partial charge on any atom is 0.405 e. The first-order valence-electron chi connectivity index (χ1n) is 9.80. The smallest absolute Gasteiger partial charge is 0.373 e. The van der Waals surface area contributed by atoms with E-state index in [0.29, 0.717) is 16.0 Å². The number of alkyl halides is 3. The lowest BCUT2D eigenvalue weighted by atomic mass is 9.92. The minimum atomic E-state index is -4.84. The molecule has 0 aliphatic carbocycles. The molecule has 0 saturated heterocycles. The zero-order valence-corrected chi connectivity index (χ0v) is 17.6. The number of halogens is 6. The molecule has 32 heavy (non-hydrogen) atoms. The number of nitrogens with one attached hydrogen (secondary N) is 1. The number of rotatable bonds is 5. The predicted molar refractivity (Wildman–Crippen MR) is 107 cm³/mol. The third-order valence-corrected chi connectivity index (χ3v) is 5.19. The van der Waals surface area contributed by atoms with Crippen LogP contribution in [0.5, 0.6) is 0 Å². The van der Waals surface area contributed by atoms with Crippen LogP contribution >= 0.6 is 0 Å². The summed E-state index contributed by atoms with van der Waals surface area (Å²) in [4.78, 5) is 27.0. The van der Waals surface area contributed by atoms with Crippen molar-refractivity contribution in [3.8, 4) is 0 Å². The monoisotopic (exact) mass is 458 g/mol. The maximum absolute atomic E-state index is 14.6. The summed E-state index contributed by atoms with van der Waals surface area (Å²) < 4.78 is 81.2. The molecule has 1 N–H and O–H groups in total. The molecule has 0 radical (unpaired) electrons. The number of fused-ring (bicyclic) bond motifs is 1. The highest BCUT2D eigenvalue weighted by Gasteiger charge is 2.46. The highest BCUT2D eigenvalue weighted by molar-refractivity contribution is 6.36. The Balaban J connectivity index is 2.28. The zero-order valence-electron chi connectivity index (χ0n) is 17.6. The third-order valence-electron chi connectivity index (χ3n) is 5.19. The Labute approximate surface area is 180 Å². The summed E-state index contributed by atoms with van der Waals surface area (Å²) in [5, 5.41) is 1.61. The van der Waals surface area contributed by atoms with Crippen LogP contribution < -0.4 is 10.2 Å². The number of amides is 2. The Morgan fingerprint density at radius 3 is 1.81 bits per heavy atom. The fraction of sp³-hybridized carbons (Fsp3) is 0.364. The molecular formula is C22H20F6N2O2. The average molecular weight is 458 g/mol. The Bertz CT molecular complexity index is 1080. The lowest BCUT2D eigenvalue weighted by molar-refractivity contribution is -0.115. The van der Waals surface area contributed by atoms with Gasteiger partial charge in [0.25, 0.3) is 11.8 Å². The number of para-hydroxylation sites is 1. The van der Waals surface area contributed by atoms with Gasteiger partial charge in [-0.05, 0) is 23.0 Å². The second-order valence-corrected chi connectivity index (χ2v) is 8.08. The molecule has 2 aromatic rings. The highest BCUT2D eigenvalue weighted by Crippen LogP contribution is 2.43. The van der Waals surface area contributed by atoms with Gasteiger partial charge in [0.2, 0.25) is 0 Å². The highest BCUT2D eigenvalue weighted by atomic mass is 19.4. The molecule has 172 valence electrons. The fourth-order valence-electron chi connectivity index (χ4n) is 3.72. The maximum atomic E-state index is 14.6. The van der Waals surface area contributed by atoms with Gasteiger partial charge in [-0.2, -0.15) is 13.2 Å². The summed E-state index contributed by atoms with van der Waals surface area (Å²) in [6.07, 6.45) is -4.84. The van der Waals surface area contributed by atoms with Gasteiger partial charge in [0.05, 0.1) is 22.5 Å². The van der Waals surface area contributed by atoms with Gasteiger partial charge in [0, 0.05) is 0 Å². The van der Waals surface area contributed by atoms with Crippen molar-refractivity contribution >= 4 is 23.2 Å². The van der Waals surface area contributed by atoms with E-state index in [0.717, 1.165) is 0 Å². The number of nitrogens with zero attached hydrogens (tertiary/aromatic N) is 1. The van der Waals surface area contributed by atoms with Crippen LogP contribution in [0.2, 0.25) is 0 Å². The number of hydrogen-bond acceptors (Lipinski definition) is 3. The van der Waals surface area contributed by atoms with Gasteiger partial charge < -0.3 is 5.32 Å². The second kappa shape index (κ2) is 8.14. The minimum absolute atomic E-state index is 0.130. The van der Waals surface area contributed by atoms with E-state index in [4.69, 9.17) is 0 Å². The normalized spacial score (nSPS) is 14.1. The number of hydrogen-bond donors (Lipinski definition) is 1. The molecule has 3 rings (SSSR count). The van der Waals surface area contributed by atoms with Crippen LogP contribution in [0.1, 0.15) is 71.4 Å². The Hall–Kier alpha value is -3.04. The van der Waals surface area contributed by atoms with Crippen LogP contribution in [0.25, 0.3) is 0 Å². The van der Waals surface area contributed by atoms with Crippen LogP contribution in [-0.4, -0.2) is 24.5 Å². The van der Waals surface area contributed by atoms with Crippen molar-refractivity contribution in [3.63, 3.8) is 0 Å². The van der Waals surface area contributed by atoms with Crippen LogP contribution in [0.15, 0.2) is 18.2 Å². The molecular weight excluding hydrogens is 438 g/mol. The quantitative estimate of drug-likeness (QED) is 0.333. The van der Waals surface area contributed by atoms with Crippen LogP contribution in [0.3, 0.4) is 0 Å². The van der Waals surface area contributed by atoms with Gasteiger partial charge in [-0.25, -0.2) is 18.1 Å². The van der Waals surface area contributed by atoms with Crippen molar-refractivity contribution in [3.05, 3.63) is 57.9 Å².